The summed E-state index contributed by atoms with van der Waals surface area (Å²) in [6.45, 7) is 7.34. The Morgan fingerprint density at radius 3 is 2.50 bits per heavy atom. The lowest BCUT2D eigenvalue weighted by Gasteiger charge is -2.15. The monoisotopic (exact) mass is 275 g/mol. The van der Waals surface area contributed by atoms with E-state index in [-0.39, 0.29) is 6.04 Å². The molecule has 0 saturated carbocycles. The van der Waals surface area contributed by atoms with Crippen LogP contribution in [0.4, 0.5) is 0 Å². The van der Waals surface area contributed by atoms with Crippen molar-refractivity contribution in [1.82, 2.24) is 25.5 Å². The summed E-state index contributed by atoms with van der Waals surface area (Å²) in [5.74, 6) is 2.20. The highest BCUT2D eigenvalue weighted by Gasteiger charge is 2.15. The predicted octanol–water partition coefficient (Wildman–Crippen LogP) is 1.98. The topological polar surface area (TPSA) is 64.9 Å². The van der Waals surface area contributed by atoms with Crippen LogP contribution in [-0.4, -0.2) is 33.9 Å². The van der Waals surface area contributed by atoms with Crippen LogP contribution in [0.25, 0.3) is 5.69 Å². The molecule has 0 aliphatic carbocycles. The second-order valence-electron chi connectivity index (χ2n) is 5.17. The summed E-state index contributed by atoms with van der Waals surface area (Å²) >= 11 is 0. The van der Waals surface area contributed by atoms with E-state index in [0.717, 1.165) is 23.8 Å². The van der Waals surface area contributed by atoms with Gasteiger partial charge in [0.15, 0.2) is 5.82 Å². The molecule has 2 aromatic rings. The van der Waals surface area contributed by atoms with E-state index in [1.54, 1.807) is 11.8 Å². The van der Waals surface area contributed by atoms with Gasteiger partial charge in [0.2, 0.25) is 0 Å². The fourth-order valence-electron chi connectivity index (χ4n) is 1.88. The molecule has 6 nitrogen and oxygen atoms in total. The van der Waals surface area contributed by atoms with Crippen molar-refractivity contribution in [3.05, 3.63) is 30.1 Å². The average Bonchev–Trinajstić information content (AvgIpc) is 2.94. The quantitative estimate of drug-likeness (QED) is 0.873. The summed E-state index contributed by atoms with van der Waals surface area (Å²) in [5, 5.41) is 15.4. The third-order valence-corrected chi connectivity index (χ3v) is 3.03. The highest BCUT2D eigenvalue weighted by molar-refractivity contribution is 5.37. The number of hydrogen-bond acceptors (Lipinski definition) is 5. The van der Waals surface area contributed by atoms with Crippen molar-refractivity contribution in [2.24, 2.45) is 5.92 Å². The lowest BCUT2D eigenvalue weighted by atomic mass is 10.2. The fourth-order valence-corrected chi connectivity index (χ4v) is 1.88. The molecule has 6 heteroatoms. The summed E-state index contributed by atoms with van der Waals surface area (Å²) in [5.41, 5.74) is 0.920. The van der Waals surface area contributed by atoms with Gasteiger partial charge >= 0.3 is 0 Å². The van der Waals surface area contributed by atoms with Crippen molar-refractivity contribution in [3.8, 4) is 11.4 Å². The average molecular weight is 275 g/mol. The Hall–Kier alpha value is -1.95. The van der Waals surface area contributed by atoms with Gasteiger partial charge in [-0.15, -0.1) is 5.10 Å². The van der Waals surface area contributed by atoms with Crippen LogP contribution in [0.5, 0.6) is 5.75 Å². The number of nitrogens with one attached hydrogen (secondary N) is 1. The van der Waals surface area contributed by atoms with Gasteiger partial charge in [0, 0.05) is 0 Å². The normalized spacial score (nSPS) is 12.7. The number of methoxy groups -OCH3 is 1. The molecule has 1 unspecified atom stereocenters. The Morgan fingerprint density at radius 1 is 1.20 bits per heavy atom. The highest BCUT2D eigenvalue weighted by atomic mass is 16.5. The minimum atomic E-state index is 0.0921. The first-order valence-electron chi connectivity index (χ1n) is 6.78. The number of aromatic nitrogens is 4. The molecule has 0 aliphatic heterocycles. The number of benzene rings is 1. The van der Waals surface area contributed by atoms with Crippen molar-refractivity contribution in [1.29, 1.82) is 0 Å². The Kier molecular flexibility index (Phi) is 4.68. The second-order valence-corrected chi connectivity index (χ2v) is 5.17. The zero-order valence-electron chi connectivity index (χ0n) is 12.4. The minimum absolute atomic E-state index is 0.0921. The molecule has 0 fully saturated rings. The summed E-state index contributed by atoms with van der Waals surface area (Å²) in [6, 6.07) is 7.76. The van der Waals surface area contributed by atoms with Gasteiger partial charge < -0.3 is 10.1 Å². The molecule has 0 spiro atoms. The van der Waals surface area contributed by atoms with Gasteiger partial charge in [0.25, 0.3) is 0 Å². The minimum Gasteiger partial charge on any atom is -0.497 e. The van der Waals surface area contributed by atoms with Crippen LogP contribution in [-0.2, 0) is 0 Å². The number of hydrogen-bond donors (Lipinski definition) is 1. The maximum atomic E-state index is 5.16. The van der Waals surface area contributed by atoms with Crippen molar-refractivity contribution in [3.63, 3.8) is 0 Å². The molecule has 0 aliphatic rings. The molecule has 1 atom stereocenters. The molecular formula is C14H21N5O. The van der Waals surface area contributed by atoms with Crippen LogP contribution in [0, 0.1) is 5.92 Å². The van der Waals surface area contributed by atoms with Gasteiger partial charge in [0.1, 0.15) is 5.75 Å². The van der Waals surface area contributed by atoms with E-state index in [1.807, 2.05) is 24.3 Å². The summed E-state index contributed by atoms with van der Waals surface area (Å²) in [7, 11) is 1.65. The van der Waals surface area contributed by atoms with E-state index < -0.39 is 0 Å². The number of rotatable bonds is 6. The summed E-state index contributed by atoms with van der Waals surface area (Å²) in [4.78, 5) is 0. The smallest absolute Gasteiger partial charge is 0.173 e. The van der Waals surface area contributed by atoms with Crippen molar-refractivity contribution in [2.45, 2.75) is 26.8 Å². The van der Waals surface area contributed by atoms with E-state index in [1.165, 1.54) is 0 Å². The maximum absolute atomic E-state index is 5.16. The first-order chi connectivity index (χ1) is 9.61. The zero-order valence-corrected chi connectivity index (χ0v) is 12.4. The molecule has 1 heterocycles. The molecule has 0 bridgehead atoms. The Balaban J connectivity index is 2.18. The van der Waals surface area contributed by atoms with Gasteiger partial charge in [-0.2, -0.15) is 4.68 Å². The molecule has 0 radical (unpaired) electrons. The Bertz CT molecular complexity index is 535. The standard InChI is InChI=1S/C14H21N5O/c1-10(2)9-15-11(3)14-16-17-18-19(14)12-5-7-13(20-4)8-6-12/h5-8,10-11,15H,9H2,1-4H3. The SMILES string of the molecule is COc1ccc(-n2nnnc2C(C)NCC(C)C)cc1. The van der Waals surface area contributed by atoms with Crippen molar-refractivity contribution < 1.29 is 4.74 Å². The first kappa shape index (κ1) is 14.5. The second kappa shape index (κ2) is 6.47. The van der Waals surface area contributed by atoms with Crippen molar-refractivity contribution in [2.75, 3.05) is 13.7 Å². The van der Waals surface area contributed by atoms with E-state index in [0.29, 0.717) is 5.92 Å². The number of tetrazole rings is 1. The molecule has 1 aromatic heterocycles. The first-order valence-corrected chi connectivity index (χ1v) is 6.78. The van der Waals surface area contributed by atoms with Crippen LogP contribution in [0.15, 0.2) is 24.3 Å². The Labute approximate surface area is 119 Å². The van der Waals surface area contributed by atoms with E-state index in [2.05, 4.69) is 41.6 Å². The summed E-state index contributed by atoms with van der Waals surface area (Å²) < 4.78 is 6.90. The Morgan fingerprint density at radius 2 is 1.90 bits per heavy atom. The third-order valence-electron chi connectivity index (χ3n) is 3.03. The summed E-state index contributed by atoms with van der Waals surface area (Å²) in [6.07, 6.45) is 0. The van der Waals surface area contributed by atoms with Crippen LogP contribution in [0.3, 0.4) is 0 Å². The van der Waals surface area contributed by atoms with Crippen LogP contribution in [0.2, 0.25) is 0 Å². The predicted molar refractivity (Wildman–Crippen MR) is 77.0 cm³/mol. The van der Waals surface area contributed by atoms with E-state index in [4.69, 9.17) is 4.74 Å². The van der Waals surface area contributed by atoms with Gasteiger partial charge in [-0.05, 0) is 54.1 Å². The lowest BCUT2D eigenvalue weighted by molar-refractivity contribution is 0.414. The maximum Gasteiger partial charge on any atom is 0.173 e. The van der Waals surface area contributed by atoms with Gasteiger partial charge in [-0.1, -0.05) is 13.8 Å². The van der Waals surface area contributed by atoms with Crippen molar-refractivity contribution >= 4 is 0 Å². The third kappa shape index (κ3) is 3.33. The fraction of sp³-hybridized carbons (Fsp3) is 0.500. The van der Waals surface area contributed by atoms with Crippen LogP contribution < -0.4 is 10.1 Å². The van der Waals surface area contributed by atoms with E-state index in [9.17, 15) is 0 Å². The number of ether oxygens (including phenoxy) is 1. The molecule has 1 aromatic carbocycles. The molecule has 1 N–H and O–H groups in total. The van der Waals surface area contributed by atoms with E-state index >= 15 is 0 Å². The molecule has 2 rings (SSSR count). The molecule has 108 valence electrons. The van der Waals surface area contributed by atoms with Crippen LogP contribution >= 0.6 is 0 Å². The van der Waals surface area contributed by atoms with Crippen LogP contribution in [0.1, 0.15) is 32.6 Å². The lowest BCUT2D eigenvalue weighted by Crippen LogP contribution is -2.25. The van der Waals surface area contributed by atoms with Gasteiger partial charge in [-0.25, -0.2) is 0 Å². The molecule has 0 amide bonds. The molecular weight excluding hydrogens is 254 g/mol. The zero-order chi connectivity index (χ0) is 14.5. The van der Waals surface area contributed by atoms with Gasteiger partial charge in [0.05, 0.1) is 18.8 Å². The number of nitrogens with zero attached hydrogens (tertiary/aromatic N) is 4. The molecule has 0 saturated heterocycles. The molecule has 20 heavy (non-hydrogen) atoms. The largest absolute Gasteiger partial charge is 0.497 e. The van der Waals surface area contributed by atoms with Gasteiger partial charge in [-0.3, -0.25) is 0 Å². The highest BCUT2D eigenvalue weighted by Crippen LogP contribution is 2.17.